The number of rotatable bonds is 9. The summed E-state index contributed by atoms with van der Waals surface area (Å²) in [4.78, 5) is 9.12. The second kappa shape index (κ2) is 11.4. The minimum Gasteiger partial charge on any atom is -0.497 e. The van der Waals surface area contributed by atoms with Crippen molar-refractivity contribution in [1.29, 1.82) is 0 Å². The van der Waals surface area contributed by atoms with Crippen molar-refractivity contribution in [3.8, 4) is 5.75 Å². The van der Waals surface area contributed by atoms with Crippen molar-refractivity contribution in [2.75, 3.05) is 74.2 Å². The zero-order valence-electron chi connectivity index (χ0n) is 19.0. The summed E-state index contributed by atoms with van der Waals surface area (Å²) in [6, 6.07) is 8.60. The Hall–Kier alpha value is -1.83. The summed E-state index contributed by atoms with van der Waals surface area (Å²) in [7, 11) is 7.74. The monoisotopic (exact) mass is 405 g/mol. The lowest BCUT2D eigenvalue weighted by atomic mass is 9.93. The number of hydrogen-bond acceptors (Lipinski definition) is 5. The van der Waals surface area contributed by atoms with Crippen molar-refractivity contribution < 1.29 is 9.47 Å². The highest BCUT2D eigenvalue weighted by Crippen LogP contribution is 2.23. The second-order valence-corrected chi connectivity index (χ2v) is 8.65. The molecule has 0 saturated carbocycles. The molecular formula is C22H39N5O2. The highest BCUT2D eigenvalue weighted by atomic mass is 16.5. The summed E-state index contributed by atoms with van der Waals surface area (Å²) in [5.74, 6) is 1.71. The number of nitrogens with one attached hydrogen (secondary N) is 2. The molecule has 0 aromatic heterocycles. The molecular weight excluding hydrogens is 366 g/mol. The van der Waals surface area contributed by atoms with E-state index >= 15 is 0 Å². The van der Waals surface area contributed by atoms with E-state index in [1.165, 1.54) is 5.56 Å². The Morgan fingerprint density at radius 3 is 2.41 bits per heavy atom. The molecule has 1 unspecified atom stereocenters. The molecule has 29 heavy (non-hydrogen) atoms. The van der Waals surface area contributed by atoms with Crippen LogP contribution in [0.5, 0.6) is 5.75 Å². The lowest BCUT2D eigenvalue weighted by Crippen LogP contribution is -2.48. The summed E-state index contributed by atoms with van der Waals surface area (Å²) >= 11 is 0. The van der Waals surface area contributed by atoms with Crippen molar-refractivity contribution in [3.63, 3.8) is 0 Å². The van der Waals surface area contributed by atoms with Crippen LogP contribution in [0, 0.1) is 5.41 Å². The molecule has 7 nitrogen and oxygen atoms in total. The Balaban J connectivity index is 2.01. The van der Waals surface area contributed by atoms with E-state index < -0.39 is 0 Å². The van der Waals surface area contributed by atoms with Crippen LogP contribution in [0.4, 0.5) is 0 Å². The number of methoxy groups -OCH3 is 1. The van der Waals surface area contributed by atoms with Crippen LogP contribution in [0.25, 0.3) is 0 Å². The van der Waals surface area contributed by atoms with E-state index in [0.29, 0.717) is 0 Å². The predicted molar refractivity (Wildman–Crippen MR) is 120 cm³/mol. The Kier molecular flexibility index (Phi) is 9.20. The largest absolute Gasteiger partial charge is 0.497 e. The standard InChI is InChI=1S/C22H39N5O2/c1-22(2,17-26(4)5)16-25-21(23-3)24-15-20(27-11-13-29-14-12-27)18-7-9-19(28-6)10-8-18/h7-10,20H,11-17H2,1-6H3,(H2,23,24,25). The van der Waals surface area contributed by atoms with Gasteiger partial charge in [-0.05, 0) is 37.2 Å². The molecule has 1 saturated heterocycles. The molecule has 0 amide bonds. The maximum atomic E-state index is 5.55. The van der Waals surface area contributed by atoms with E-state index in [0.717, 1.165) is 57.6 Å². The lowest BCUT2D eigenvalue weighted by Gasteiger charge is -2.35. The first-order chi connectivity index (χ1) is 13.8. The third-order valence-corrected chi connectivity index (χ3v) is 5.15. The second-order valence-electron chi connectivity index (χ2n) is 8.65. The quantitative estimate of drug-likeness (QED) is 0.483. The average Bonchev–Trinajstić information content (AvgIpc) is 2.70. The molecule has 1 fully saturated rings. The smallest absolute Gasteiger partial charge is 0.191 e. The minimum atomic E-state index is 0.153. The van der Waals surface area contributed by atoms with Gasteiger partial charge in [0.25, 0.3) is 0 Å². The fourth-order valence-electron chi connectivity index (χ4n) is 3.82. The first-order valence-electron chi connectivity index (χ1n) is 10.4. The van der Waals surface area contributed by atoms with Gasteiger partial charge in [0.1, 0.15) is 5.75 Å². The van der Waals surface area contributed by atoms with Gasteiger partial charge in [-0.3, -0.25) is 9.89 Å². The average molecular weight is 406 g/mol. The molecule has 0 spiro atoms. The fraction of sp³-hybridized carbons (Fsp3) is 0.682. The molecule has 0 aliphatic carbocycles. The van der Waals surface area contributed by atoms with Gasteiger partial charge in [0, 0.05) is 39.8 Å². The van der Waals surface area contributed by atoms with Crippen LogP contribution < -0.4 is 15.4 Å². The van der Waals surface area contributed by atoms with Crippen LogP contribution >= 0.6 is 0 Å². The highest BCUT2D eigenvalue weighted by Gasteiger charge is 2.24. The normalized spacial score (nSPS) is 17.3. The summed E-state index contributed by atoms with van der Waals surface area (Å²) in [6.07, 6.45) is 0. The summed E-state index contributed by atoms with van der Waals surface area (Å²) in [5.41, 5.74) is 1.42. The molecule has 1 atom stereocenters. The fourth-order valence-corrected chi connectivity index (χ4v) is 3.82. The van der Waals surface area contributed by atoms with E-state index in [9.17, 15) is 0 Å². The van der Waals surface area contributed by atoms with Crippen LogP contribution in [0.15, 0.2) is 29.3 Å². The first kappa shape index (κ1) is 23.4. The minimum absolute atomic E-state index is 0.153. The number of aliphatic imine (C=N–C) groups is 1. The maximum Gasteiger partial charge on any atom is 0.191 e. The third kappa shape index (κ3) is 7.84. The molecule has 2 rings (SSSR count). The maximum absolute atomic E-state index is 5.55. The van der Waals surface area contributed by atoms with Crippen LogP contribution in [0.2, 0.25) is 0 Å². The zero-order valence-corrected chi connectivity index (χ0v) is 19.0. The van der Waals surface area contributed by atoms with Gasteiger partial charge >= 0.3 is 0 Å². The van der Waals surface area contributed by atoms with Crippen molar-refractivity contribution in [3.05, 3.63) is 29.8 Å². The van der Waals surface area contributed by atoms with Gasteiger partial charge in [0.15, 0.2) is 5.96 Å². The van der Waals surface area contributed by atoms with E-state index in [-0.39, 0.29) is 11.5 Å². The number of nitrogens with zero attached hydrogens (tertiary/aromatic N) is 3. The number of morpholine rings is 1. The summed E-state index contributed by atoms with van der Waals surface area (Å²) in [6.45, 7) is 10.6. The highest BCUT2D eigenvalue weighted by molar-refractivity contribution is 5.79. The van der Waals surface area contributed by atoms with Gasteiger partial charge < -0.3 is 25.0 Å². The van der Waals surface area contributed by atoms with Gasteiger partial charge in [0.2, 0.25) is 0 Å². The topological polar surface area (TPSA) is 61.4 Å². The van der Waals surface area contributed by atoms with Crippen molar-refractivity contribution in [2.24, 2.45) is 10.4 Å². The Labute approximate surface area is 176 Å². The molecule has 0 bridgehead atoms. The molecule has 0 radical (unpaired) electrons. The molecule has 1 heterocycles. The van der Waals surface area contributed by atoms with Gasteiger partial charge in [-0.2, -0.15) is 0 Å². The van der Waals surface area contributed by atoms with Crippen molar-refractivity contribution in [2.45, 2.75) is 19.9 Å². The predicted octanol–water partition coefficient (Wildman–Crippen LogP) is 1.82. The number of hydrogen-bond donors (Lipinski definition) is 2. The molecule has 1 aromatic carbocycles. The van der Waals surface area contributed by atoms with Crippen LogP contribution in [-0.4, -0.2) is 89.9 Å². The lowest BCUT2D eigenvalue weighted by molar-refractivity contribution is 0.0170. The molecule has 164 valence electrons. The van der Waals surface area contributed by atoms with Gasteiger partial charge in [0.05, 0.1) is 26.4 Å². The van der Waals surface area contributed by atoms with Crippen LogP contribution in [-0.2, 0) is 4.74 Å². The first-order valence-corrected chi connectivity index (χ1v) is 10.4. The molecule has 1 aliphatic rings. The van der Waals surface area contributed by atoms with Gasteiger partial charge in [-0.15, -0.1) is 0 Å². The van der Waals surface area contributed by atoms with E-state index in [2.05, 4.69) is 65.5 Å². The molecule has 7 heteroatoms. The van der Waals surface area contributed by atoms with E-state index in [1.54, 1.807) is 7.11 Å². The third-order valence-electron chi connectivity index (χ3n) is 5.15. The summed E-state index contributed by atoms with van der Waals surface area (Å²) in [5, 5.41) is 7.02. The Bertz CT molecular complexity index is 625. The molecule has 1 aromatic rings. The molecule has 1 aliphatic heterocycles. The SMILES string of the molecule is CN=C(NCC(c1ccc(OC)cc1)N1CCOCC1)NCC(C)(C)CN(C)C. The summed E-state index contributed by atoms with van der Waals surface area (Å²) < 4.78 is 10.9. The zero-order chi connectivity index (χ0) is 21.3. The van der Waals surface area contributed by atoms with E-state index in [1.807, 2.05) is 19.2 Å². The van der Waals surface area contributed by atoms with Crippen LogP contribution in [0.1, 0.15) is 25.5 Å². The molecule has 2 N–H and O–H groups in total. The number of ether oxygens (including phenoxy) is 2. The van der Waals surface area contributed by atoms with Gasteiger partial charge in [-0.25, -0.2) is 0 Å². The van der Waals surface area contributed by atoms with E-state index in [4.69, 9.17) is 9.47 Å². The number of guanidine groups is 1. The van der Waals surface area contributed by atoms with Crippen molar-refractivity contribution >= 4 is 5.96 Å². The van der Waals surface area contributed by atoms with Crippen LogP contribution in [0.3, 0.4) is 0 Å². The Morgan fingerprint density at radius 1 is 1.21 bits per heavy atom. The number of benzene rings is 1. The Morgan fingerprint density at radius 2 is 1.86 bits per heavy atom. The van der Waals surface area contributed by atoms with Gasteiger partial charge in [-0.1, -0.05) is 26.0 Å². The van der Waals surface area contributed by atoms with Crippen molar-refractivity contribution in [1.82, 2.24) is 20.4 Å².